The fourth-order valence-corrected chi connectivity index (χ4v) is 6.03. The minimum atomic E-state index is 0.317. The van der Waals surface area contributed by atoms with Gasteiger partial charge in [0.05, 0.1) is 0 Å². The predicted molar refractivity (Wildman–Crippen MR) is 111 cm³/mol. The summed E-state index contributed by atoms with van der Waals surface area (Å²) in [5, 5.41) is 7.64. The third-order valence-electron chi connectivity index (χ3n) is 6.98. The molecule has 0 saturated carbocycles. The average Bonchev–Trinajstić information content (AvgIpc) is 2.74. The Kier molecular flexibility index (Phi) is 6.37. The van der Waals surface area contributed by atoms with Crippen molar-refractivity contribution >= 4 is 0 Å². The first kappa shape index (κ1) is 21.2. The van der Waals surface area contributed by atoms with Gasteiger partial charge in [0.2, 0.25) is 0 Å². The van der Waals surface area contributed by atoms with Crippen LogP contribution in [0.25, 0.3) is 0 Å². The van der Waals surface area contributed by atoms with Crippen LogP contribution in [0.3, 0.4) is 0 Å². The third-order valence-corrected chi connectivity index (χ3v) is 6.98. The van der Waals surface area contributed by atoms with Crippen LogP contribution in [0, 0.1) is 11.8 Å². The molecule has 0 amide bonds. The molecule has 0 aromatic rings. The standard InChI is InChI=1S/C23H46N2/c1-20(2)16-18(22(5,6)24-20)14-12-10-9-11-13-15-19-17-21(3,4)25-23(19,7)8/h18-19,24-25H,9-17H2,1-8H3. The van der Waals surface area contributed by atoms with E-state index >= 15 is 0 Å². The zero-order chi connectivity index (χ0) is 18.9. The Hall–Kier alpha value is -0.0800. The summed E-state index contributed by atoms with van der Waals surface area (Å²) in [6, 6.07) is 0. The van der Waals surface area contributed by atoms with Gasteiger partial charge in [-0.1, -0.05) is 32.1 Å². The fraction of sp³-hybridized carbons (Fsp3) is 1.00. The average molecular weight is 351 g/mol. The van der Waals surface area contributed by atoms with E-state index in [1.165, 1.54) is 57.8 Å². The second-order valence-corrected chi connectivity index (χ2v) is 11.6. The topological polar surface area (TPSA) is 24.1 Å². The van der Waals surface area contributed by atoms with E-state index in [1.54, 1.807) is 0 Å². The highest BCUT2D eigenvalue weighted by Crippen LogP contribution is 2.40. The molecule has 2 rings (SSSR count). The van der Waals surface area contributed by atoms with Crippen LogP contribution in [0.15, 0.2) is 0 Å². The molecular formula is C23H46N2. The first-order valence-corrected chi connectivity index (χ1v) is 10.9. The largest absolute Gasteiger partial charge is 0.307 e. The first-order chi connectivity index (χ1) is 11.3. The van der Waals surface area contributed by atoms with E-state index in [4.69, 9.17) is 0 Å². The van der Waals surface area contributed by atoms with E-state index in [9.17, 15) is 0 Å². The quantitative estimate of drug-likeness (QED) is 0.521. The van der Waals surface area contributed by atoms with Crippen molar-refractivity contribution in [3.05, 3.63) is 0 Å². The number of hydrogen-bond acceptors (Lipinski definition) is 2. The molecule has 0 aliphatic carbocycles. The summed E-state index contributed by atoms with van der Waals surface area (Å²) < 4.78 is 0. The van der Waals surface area contributed by atoms with Gasteiger partial charge in [-0.2, -0.15) is 0 Å². The predicted octanol–water partition coefficient (Wildman–Crippen LogP) is 6.05. The Bertz CT molecular complexity index is 393. The number of hydrogen-bond donors (Lipinski definition) is 2. The van der Waals surface area contributed by atoms with Gasteiger partial charge in [-0.05, 0) is 92.9 Å². The van der Waals surface area contributed by atoms with Crippen molar-refractivity contribution < 1.29 is 0 Å². The van der Waals surface area contributed by atoms with Gasteiger partial charge in [0, 0.05) is 22.2 Å². The van der Waals surface area contributed by atoms with E-state index in [-0.39, 0.29) is 0 Å². The monoisotopic (exact) mass is 350 g/mol. The van der Waals surface area contributed by atoms with E-state index in [2.05, 4.69) is 66.0 Å². The van der Waals surface area contributed by atoms with Crippen LogP contribution in [-0.2, 0) is 0 Å². The summed E-state index contributed by atoms with van der Waals surface area (Å²) in [6.45, 7) is 19.0. The van der Waals surface area contributed by atoms with E-state index in [0.29, 0.717) is 22.2 Å². The SMILES string of the molecule is CC1(C)CC(CCCCCCCC2CC(C)(C)NC2(C)C)C(C)(C)N1. The number of unbranched alkanes of at least 4 members (excludes halogenated alkanes) is 4. The van der Waals surface area contributed by atoms with Crippen molar-refractivity contribution in [2.45, 2.75) is 135 Å². The molecular weight excluding hydrogens is 304 g/mol. The lowest BCUT2D eigenvalue weighted by atomic mass is 9.82. The maximum Gasteiger partial charge on any atom is 0.0158 e. The van der Waals surface area contributed by atoms with Gasteiger partial charge >= 0.3 is 0 Å². The van der Waals surface area contributed by atoms with Crippen LogP contribution in [0.1, 0.15) is 113 Å². The van der Waals surface area contributed by atoms with Crippen LogP contribution in [0.4, 0.5) is 0 Å². The maximum absolute atomic E-state index is 3.82. The Labute approximate surface area is 158 Å². The van der Waals surface area contributed by atoms with E-state index in [0.717, 1.165) is 11.8 Å². The minimum absolute atomic E-state index is 0.317. The third kappa shape index (κ3) is 5.96. The van der Waals surface area contributed by atoms with Crippen LogP contribution in [-0.4, -0.2) is 22.2 Å². The van der Waals surface area contributed by atoms with Crippen molar-refractivity contribution in [2.75, 3.05) is 0 Å². The molecule has 2 N–H and O–H groups in total. The molecule has 2 nitrogen and oxygen atoms in total. The van der Waals surface area contributed by atoms with Gasteiger partial charge in [0.25, 0.3) is 0 Å². The summed E-state index contributed by atoms with van der Waals surface area (Å²) in [6.07, 6.45) is 12.6. The lowest BCUT2D eigenvalue weighted by Crippen LogP contribution is -2.45. The normalized spacial score (nSPS) is 32.2. The fourth-order valence-electron chi connectivity index (χ4n) is 6.03. The Morgan fingerprint density at radius 2 is 0.880 bits per heavy atom. The number of nitrogens with one attached hydrogen (secondary N) is 2. The maximum atomic E-state index is 3.82. The summed E-state index contributed by atoms with van der Waals surface area (Å²) in [4.78, 5) is 0. The molecule has 148 valence electrons. The molecule has 0 radical (unpaired) electrons. The zero-order valence-corrected chi connectivity index (χ0v) is 18.5. The molecule has 0 bridgehead atoms. The highest BCUT2D eigenvalue weighted by Gasteiger charge is 2.44. The van der Waals surface area contributed by atoms with Crippen molar-refractivity contribution in [1.29, 1.82) is 0 Å². The van der Waals surface area contributed by atoms with Crippen molar-refractivity contribution in [3.63, 3.8) is 0 Å². The zero-order valence-electron chi connectivity index (χ0n) is 18.5. The molecule has 0 aromatic carbocycles. The van der Waals surface area contributed by atoms with Crippen LogP contribution in [0.2, 0.25) is 0 Å². The lowest BCUT2D eigenvalue weighted by molar-refractivity contribution is 0.296. The van der Waals surface area contributed by atoms with Crippen LogP contribution >= 0.6 is 0 Å². The van der Waals surface area contributed by atoms with Gasteiger partial charge in [-0.25, -0.2) is 0 Å². The molecule has 0 spiro atoms. The molecule has 0 aromatic heterocycles. The van der Waals surface area contributed by atoms with Gasteiger partial charge in [0.15, 0.2) is 0 Å². The van der Waals surface area contributed by atoms with Gasteiger partial charge in [-0.3, -0.25) is 0 Å². The van der Waals surface area contributed by atoms with Crippen LogP contribution < -0.4 is 10.6 Å². The molecule has 2 atom stereocenters. The highest BCUT2D eigenvalue weighted by molar-refractivity contribution is 5.03. The molecule has 25 heavy (non-hydrogen) atoms. The molecule has 2 saturated heterocycles. The Morgan fingerprint density at radius 1 is 0.560 bits per heavy atom. The Morgan fingerprint density at radius 3 is 1.16 bits per heavy atom. The molecule has 2 aliphatic heterocycles. The second kappa shape index (κ2) is 7.50. The minimum Gasteiger partial charge on any atom is -0.307 e. The molecule has 2 heterocycles. The summed E-state index contributed by atoms with van der Waals surface area (Å²) in [5.41, 5.74) is 1.28. The molecule has 2 unspecified atom stereocenters. The number of rotatable bonds is 8. The lowest BCUT2D eigenvalue weighted by Gasteiger charge is -2.28. The first-order valence-electron chi connectivity index (χ1n) is 10.9. The van der Waals surface area contributed by atoms with Gasteiger partial charge < -0.3 is 10.6 Å². The van der Waals surface area contributed by atoms with Gasteiger partial charge in [0.1, 0.15) is 0 Å². The summed E-state index contributed by atoms with van der Waals surface area (Å²) in [7, 11) is 0. The van der Waals surface area contributed by atoms with Crippen molar-refractivity contribution in [3.8, 4) is 0 Å². The van der Waals surface area contributed by atoms with Crippen molar-refractivity contribution in [2.24, 2.45) is 11.8 Å². The van der Waals surface area contributed by atoms with E-state index < -0.39 is 0 Å². The Balaban J connectivity index is 1.57. The van der Waals surface area contributed by atoms with Gasteiger partial charge in [-0.15, -0.1) is 0 Å². The second-order valence-electron chi connectivity index (χ2n) is 11.6. The molecule has 2 heteroatoms. The van der Waals surface area contributed by atoms with Crippen LogP contribution in [0.5, 0.6) is 0 Å². The molecule has 2 fully saturated rings. The van der Waals surface area contributed by atoms with E-state index in [1.807, 2.05) is 0 Å². The van der Waals surface area contributed by atoms with Crippen molar-refractivity contribution in [1.82, 2.24) is 10.6 Å². The molecule has 2 aliphatic rings. The smallest absolute Gasteiger partial charge is 0.0158 e. The summed E-state index contributed by atoms with van der Waals surface area (Å²) in [5.74, 6) is 1.69. The summed E-state index contributed by atoms with van der Waals surface area (Å²) >= 11 is 0. The highest BCUT2D eigenvalue weighted by atomic mass is 15.1.